The van der Waals surface area contributed by atoms with E-state index in [1.54, 1.807) is 18.3 Å². The van der Waals surface area contributed by atoms with Crippen molar-refractivity contribution in [1.29, 1.82) is 0 Å². The molecule has 148 valence electrons. The number of nitrogens with zero attached hydrogens (tertiary/aromatic N) is 2. The maximum atomic E-state index is 13.4. The van der Waals surface area contributed by atoms with Crippen LogP contribution in [0.3, 0.4) is 0 Å². The van der Waals surface area contributed by atoms with Gasteiger partial charge in [0.2, 0.25) is 0 Å². The summed E-state index contributed by atoms with van der Waals surface area (Å²) in [4.78, 5) is 2.69. The smallest absolute Gasteiger partial charge is 0.268 e. The molecule has 28 heavy (non-hydrogen) atoms. The predicted octanol–water partition coefficient (Wildman–Crippen LogP) is 3.41. The lowest BCUT2D eigenvalue weighted by molar-refractivity contribution is 0.234. The minimum Gasteiger partial charge on any atom is -0.314 e. The van der Waals surface area contributed by atoms with Crippen LogP contribution in [-0.4, -0.2) is 43.5 Å². The number of rotatable bonds is 5. The molecule has 4 rings (SSSR count). The normalized spacial score (nSPS) is 16.1. The molecular formula is C22H27N3O2S. The average Bonchev–Trinajstić information content (AvgIpc) is 3.08. The van der Waals surface area contributed by atoms with E-state index in [0.29, 0.717) is 10.8 Å². The number of fused-ring (bicyclic) bond motifs is 1. The van der Waals surface area contributed by atoms with Crippen LogP contribution in [0.2, 0.25) is 0 Å². The van der Waals surface area contributed by atoms with Crippen LogP contribution in [-0.2, 0) is 16.6 Å². The first-order valence-corrected chi connectivity index (χ1v) is 11.3. The molecule has 2 aromatic carbocycles. The van der Waals surface area contributed by atoms with Gasteiger partial charge in [0, 0.05) is 44.3 Å². The van der Waals surface area contributed by atoms with E-state index in [1.165, 1.54) is 3.97 Å². The summed E-state index contributed by atoms with van der Waals surface area (Å²) in [6.07, 6.45) is 1.80. The Bertz CT molecular complexity index is 1060. The molecule has 0 spiro atoms. The fraction of sp³-hybridized carbons (Fsp3) is 0.364. The third-order valence-electron chi connectivity index (χ3n) is 5.47. The number of hydrogen-bond acceptors (Lipinski definition) is 4. The summed E-state index contributed by atoms with van der Waals surface area (Å²) >= 11 is 0. The molecule has 3 aromatic rings. The van der Waals surface area contributed by atoms with Gasteiger partial charge in [0.25, 0.3) is 10.0 Å². The number of benzene rings is 2. The summed E-state index contributed by atoms with van der Waals surface area (Å²) < 4.78 is 28.2. The first-order chi connectivity index (χ1) is 13.5. The van der Waals surface area contributed by atoms with Crippen molar-refractivity contribution in [2.75, 3.05) is 26.2 Å². The topological polar surface area (TPSA) is 54.3 Å². The zero-order chi connectivity index (χ0) is 19.7. The van der Waals surface area contributed by atoms with Crippen LogP contribution >= 0.6 is 0 Å². The Labute approximate surface area is 167 Å². The number of nitrogens with one attached hydrogen (secondary N) is 1. The van der Waals surface area contributed by atoms with Gasteiger partial charge >= 0.3 is 0 Å². The maximum Gasteiger partial charge on any atom is 0.268 e. The zero-order valence-electron chi connectivity index (χ0n) is 16.4. The summed E-state index contributed by atoms with van der Waals surface area (Å²) in [5.41, 5.74) is 2.93. The lowest BCUT2D eigenvalue weighted by Gasteiger charge is -2.26. The van der Waals surface area contributed by atoms with E-state index in [-0.39, 0.29) is 0 Å². The molecule has 5 nitrogen and oxygen atoms in total. The van der Waals surface area contributed by atoms with Gasteiger partial charge < -0.3 is 5.32 Å². The third kappa shape index (κ3) is 3.60. The van der Waals surface area contributed by atoms with E-state index in [1.807, 2.05) is 36.4 Å². The van der Waals surface area contributed by atoms with Crippen LogP contribution in [0.5, 0.6) is 0 Å². The average molecular weight is 398 g/mol. The second kappa shape index (κ2) is 7.70. The van der Waals surface area contributed by atoms with Crippen molar-refractivity contribution in [3.8, 4) is 0 Å². The molecule has 2 heterocycles. The Hall–Kier alpha value is -2.15. The van der Waals surface area contributed by atoms with Crippen LogP contribution in [0.15, 0.2) is 59.6 Å². The molecule has 0 amide bonds. The highest BCUT2D eigenvalue weighted by Crippen LogP contribution is 2.27. The van der Waals surface area contributed by atoms with Gasteiger partial charge in [-0.1, -0.05) is 44.2 Å². The molecule has 0 bridgehead atoms. The molecule has 1 aromatic heterocycles. The van der Waals surface area contributed by atoms with Gasteiger partial charge in [0.15, 0.2) is 0 Å². The van der Waals surface area contributed by atoms with Gasteiger partial charge in [-0.2, -0.15) is 0 Å². The molecule has 0 saturated carbocycles. The van der Waals surface area contributed by atoms with Gasteiger partial charge in [-0.15, -0.1) is 0 Å². The van der Waals surface area contributed by atoms with Gasteiger partial charge in [-0.05, 0) is 35.2 Å². The fourth-order valence-corrected chi connectivity index (χ4v) is 5.18. The minimum atomic E-state index is -3.64. The maximum absolute atomic E-state index is 13.4. The van der Waals surface area contributed by atoms with Gasteiger partial charge in [0.1, 0.15) is 0 Å². The lowest BCUT2D eigenvalue weighted by Crippen LogP contribution is -2.42. The van der Waals surface area contributed by atoms with Gasteiger partial charge in [0.05, 0.1) is 10.4 Å². The summed E-state index contributed by atoms with van der Waals surface area (Å²) in [5.74, 6) is 0.370. The number of piperazine rings is 1. The summed E-state index contributed by atoms with van der Waals surface area (Å²) in [5, 5.41) is 4.36. The molecule has 0 atom stereocenters. The molecule has 1 aliphatic heterocycles. The van der Waals surface area contributed by atoms with E-state index in [0.717, 1.165) is 54.8 Å². The van der Waals surface area contributed by atoms with Crippen LogP contribution < -0.4 is 5.32 Å². The molecule has 0 unspecified atom stereocenters. The van der Waals surface area contributed by atoms with Crippen LogP contribution in [0, 0.1) is 0 Å². The Balaban J connectivity index is 1.75. The highest BCUT2D eigenvalue weighted by Gasteiger charge is 2.22. The van der Waals surface area contributed by atoms with E-state index in [9.17, 15) is 8.42 Å². The Kier molecular flexibility index (Phi) is 5.27. The lowest BCUT2D eigenvalue weighted by atomic mass is 10.0. The van der Waals surface area contributed by atoms with E-state index in [4.69, 9.17) is 0 Å². The second-order valence-electron chi connectivity index (χ2n) is 7.72. The van der Waals surface area contributed by atoms with Crippen molar-refractivity contribution in [1.82, 2.24) is 14.2 Å². The molecule has 1 aliphatic rings. The predicted molar refractivity (Wildman–Crippen MR) is 113 cm³/mol. The molecular weight excluding hydrogens is 370 g/mol. The Morgan fingerprint density at radius 3 is 2.36 bits per heavy atom. The summed E-state index contributed by atoms with van der Waals surface area (Å²) in [6, 6.07) is 15.0. The van der Waals surface area contributed by atoms with Crippen molar-refractivity contribution in [2.45, 2.75) is 31.2 Å². The second-order valence-corrected chi connectivity index (χ2v) is 9.54. The van der Waals surface area contributed by atoms with Crippen molar-refractivity contribution < 1.29 is 8.42 Å². The first kappa shape index (κ1) is 19.2. The van der Waals surface area contributed by atoms with Crippen molar-refractivity contribution in [2.24, 2.45) is 0 Å². The molecule has 1 N–H and O–H groups in total. The fourth-order valence-electron chi connectivity index (χ4n) is 3.79. The van der Waals surface area contributed by atoms with E-state index >= 15 is 0 Å². The van der Waals surface area contributed by atoms with E-state index < -0.39 is 10.0 Å². The number of hydrogen-bond donors (Lipinski definition) is 1. The Morgan fingerprint density at radius 1 is 1.00 bits per heavy atom. The van der Waals surface area contributed by atoms with Crippen LogP contribution in [0.4, 0.5) is 0 Å². The molecule has 0 aliphatic carbocycles. The first-order valence-electron chi connectivity index (χ1n) is 9.84. The quantitative estimate of drug-likeness (QED) is 0.717. The van der Waals surface area contributed by atoms with Gasteiger partial charge in [-0.25, -0.2) is 12.4 Å². The van der Waals surface area contributed by atoms with Crippen molar-refractivity contribution in [3.63, 3.8) is 0 Å². The highest BCUT2D eigenvalue weighted by molar-refractivity contribution is 7.90. The Morgan fingerprint density at radius 2 is 1.68 bits per heavy atom. The largest absolute Gasteiger partial charge is 0.314 e. The van der Waals surface area contributed by atoms with E-state index in [2.05, 4.69) is 24.1 Å². The standard InChI is InChI=1S/C22H27N3O2S/c1-17(2)18-7-9-20(10-8-18)28(26,27)25-16-19(15-24-13-11-23-12-14-24)21-5-3-4-6-22(21)25/h3-10,16-17,23H,11-15H2,1-2H3. The molecule has 1 saturated heterocycles. The number of aromatic nitrogens is 1. The minimum absolute atomic E-state index is 0.325. The summed E-state index contributed by atoms with van der Waals surface area (Å²) in [6.45, 7) is 8.86. The number of para-hydroxylation sites is 1. The third-order valence-corrected chi connectivity index (χ3v) is 7.16. The van der Waals surface area contributed by atoms with Crippen LogP contribution in [0.1, 0.15) is 30.9 Å². The van der Waals surface area contributed by atoms with Crippen molar-refractivity contribution in [3.05, 3.63) is 65.9 Å². The zero-order valence-corrected chi connectivity index (χ0v) is 17.2. The molecule has 1 fully saturated rings. The van der Waals surface area contributed by atoms with Crippen LogP contribution in [0.25, 0.3) is 10.9 Å². The SMILES string of the molecule is CC(C)c1ccc(S(=O)(=O)n2cc(CN3CCNCC3)c3ccccc32)cc1. The molecule has 0 radical (unpaired) electrons. The molecule has 6 heteroatoms. The highest BCUT2D eigenvalue weighted by atomic mass is 32.2. The van der Waals surface area contributed by atoms with Crippen molar-refractivity contribution >= 4 is 20.9 Å². The van der Waals surface area contributed by atoms with Gasteiger partial charge in [-0.3, -0.25) is 4.90 Å². The monoisotopic (exact) mass is 397 g/mol. The summed E-state index contributed by atoms with van der Waals surface area (Å²) in [7, 11) is -3.64.